The van der Waals surface area contributed by atoms with Gasteiger partial charge in [0.2, 0.25) is 0 Å². The van der Waals surface area contributed by atoms with E-state index in [1.54, 1.807) is 0 Å². The highest BCUT2D eigenvalue weighted by Crippen LogP contribution is 2.41. The molecule has 2 aliphatic heterocycles. The SMILES string of the molecule is Cl.Cl.O=C1N(Cc2cncn2C2CC2)c2ccccc2NC12CCNCC2. The number of piperidine rings is 1. The molecule has 1 saturated heterocycles. The molecule has 1 aromatic heterocycles. The third-order valence-corrected chi connectivity index (χ3v) is 5.69. The highest BCUT2D eigenvalue weighted by Gasteiger charge is 2.46. The summed E-state index contributed by atoms with van der Waals surface area (Å²) in [6.45, 7) is 2.33. The molecule has 1 aromatic carbocycles. The van der Waals surface area contributed by atoms with Gasteiger partial charge in [-0.3, -0.25) is 4.79 Å². The number of aromatic nitrogens is 2. The molecule has 5 rings (SSSR count). The van der Waals surface area contributed by atoms with E-state index in [4.69, 9.17) is 0 Å². The number of hydrogen-bond donors (Lipinski definition) is 2. The summed E-state index contributed by atoms with van der Waals surface area (Å²) >= 11 is 0. The zero-order valence-corrected chi connectivity index (χ0v) is 16.7. The number of fused-ring (bicyclic) bond motifs is 1. The summed E-state index contributed by atoms with van der Waals surface area (Å²) < 4.78 is 2.24. The molecule has 27 heavy (non-hydrogen) atoms. The van der Waals surface area contributed by atoms with Crippen molar-refractivity contribution in [3.8, 4) is 0 Å². The van der Waals surface area contributed by atoms with Crippen molar-refractivity contribution in [1.82, 2.24) is 14.9 Å². The van der Waals surface area contributed by atoms with E-state index in [1.165, 1.54) is 12.8 Å². The molecule has 3 aliphatic rings. The summed E-state index contributed by atoms with van der Waals surface area (Å²) in [4.78, 5) is 19.8. The molecule has 0 bridgehead atoms. The normalized spacial score (nSPS) is 20.3. The van der Waals surface area contributed by atoms with Crippen molar-refractivity contribution in [2.45, 2.75) is 43.8 Å². The first kappa shape index (κ1) is 20.0. The number of amides is 1. The Kier molecular flexibility index (Phi) is 5.70. The first-order valence-electron chi connectivity index (χ1n) is 9.17. The largest absolute Gasteiger partial charge is 0.369 e. The summed E-state index contributed by atoms with van der Waals surface area (Å²) in [5.74, 6) is 0.191. The standard InChI is InChI=1S/C19H23N5O.2ClH/c25-18-19(7-9-20-10-8-19)22-16-3-1-2-4-17(16)23(18)12-15-11-21-13-24(15)14-5-6-14;;/h1-4,11,13-14,20,22H,5-10,12H2;2*1H. The predicted molar refractivity (Wildman–Crippen MR) is 111 cm³/mol. The number of para-hydroxylation sites is 2. The number of anilines is 2. The summed E-state index contributed by atoms with van der Waals surface area (Å²) in [7, 11) is 0. The quantitative estimate of drug-likeness (QED) is 0.816. The van der Waals surface area contributed by atoms with E-state index < -0.39 is 5.54 Å². The molecule has 0 atom stereocenters. The molecule has 0 radical (unpaired) electrons. The molecule has 2 fully saturated rings. The van der Waals surface area contributed by atoms with Gasteiger partial charge in [-0.15, -0.1) is 24.8 Å². The summed E-state index contributed by atoms with van der Waals surface area (Å²) in [5, 5.41) is 6.94. The molecule has 3 heterocycles. The van der Waals surface area contributed by atoms with Gasteiger partial charge in [0, 0.05) is 12.2 Å². The molecular formula is C19H25Cl2N5O. The van der Waals surface area contributed by atoms with E-state index in [9.17, 15) is 4.79 Å². The minimum atomic E-state index is -0.482. The number of nitrogens with one attached hydrogen (secondary N) is 2. The van der Waals surface area contributed by atoms with E-state index in [-0.39, 0.29) is 30.7 Å². The average molecular weight is 410 g/mol. The van der Waals surface area contributed by atoms with Crippen LogP contribution in [0.5, 0.6) is 0 Å². The maximum Gasteiger partial charge on any atom is 0.253 e. The van der Waals surface area contributed by atoms with Crippen LogP contribution in [0.15, 0.2) is 36.8 Å². The lowest BCUT2D eigenvalue weighted by Gasteiger charge is -2.46. The van der Waals surface area contributed by atoms with Gasteiger partial charge in [0.15, 0.2) is 0 Å². The molecule has 1 saturated carbocycles. The highest BCUT2D eigenvalue weighted by atomic mass is 35.5. The number of imidazole rings is 1. The minimum Gasteiger partial charge on any atom is -0.369 e. The fourth-order valence-electron chi connectivity index (χ4n) is 4.14. The molecule has 0 unspecified atom stereocenters. The number of nitrogens with zero attached hydrogens (tertiary/aromatic N) is 3. The second-order valence-corrected chi connectivity index (χ2v) is 7.39. The molecular weight excluding hydrogens is 385 g/mol. The van der Waals surface area contributed by atoms with Crippen molar-refractivity contribution in [3.63, 3.8) is 0 Å². The van der Waals surface area contributed by atoms with Crippen molar-refractivity contribution in [1.29, 1.82) is 0 Å². The Balaban J connectivity index is 0.00000105. The first-order valence-corrected chi connectivity index (χ1v) is 9.17. The number of carbonyl (C=O) groups excluding carboxylic acids is 1. The van der Waals surface area contributed by atoms with Crippen molar-refractivity contribution < 1.29 is 4.79 Å². The Labute approximate surface area is 171 Å². The number of benzene rings is 1. The third-order valence-electron chi connectivity index (χ3n) is 5.69. The van der Waals surface area contributed by atoms with Crippen LogP contribution in [0.1, 0.15) is 37.4 Å². The van der Waals surface area contributed by atoms with Crippen molar-refractivity contribution >= 4 is 42.1 Å². The molecule has 1 aliphatic carbocycles. The van der Waals surface area contributed by atoms with Gasteiger partial charge in [0.1, 0.15) is 5.54 Å². The first-order chi connectivity index (χ1) is 12.3. The molecule has 2 N–H and O–H groups in total. The lowest BCUT2D eigenvalue weighted by atomic mass is 9.84. The van der Waals surface area contributed by atoms with Gasteiger partial charge in [0.25, 0.3) is 5.91 Å². The van der Waals surface area contributed by atoms with Crippen molar-refractivity contribution in [2.24, 2.45) is 0 Å². The molecule has 1 spiro atoms. The van der Waals surface area contributed by atoms with Crippen molar-refractivity contribution in [2.75, 3.05) is 23.3 Å². The lowest BCUT2D eigenvalue weighted by molar-refractivity contribution is -0.124. The number of halogens is 2. The molecule has 1 amide bonds. The lowest BCUT2D eigenvalue weighted by Crippen LogP contribution is -2.61. The highest BCUT2D eigenvalue weighted by molar-refractivity contribution is 6.07. The zero-order valence-electron chi connectivity index (χ0n) is 15.1. The second-order valence-electron chi connectivity index (χ2n) is 7.39. The maximum atomic E-state index is 13.5. The predicted octanol–water partition coefficient (Wildman–Crippen LogP) is 3.14. The van der Waals surface area contributed by atoms with Gasteiger partial charge in [-0.05, 0) is 50.9 Å². The van der Waals surface area contributed by atoms with Crippen LogP contribution < -0.4 is 15.5 Å². The van der Waals surface area contributed by atoms with Crippen LogP contribution in [-0.2, 0) is 11.3 Å². The van der Waals surface area contributed by atoms with Crippen LogP contribution in [0, 0.1) is 0 Å². The zero-order chi connectivity index (χ0) is 16.9. The Hall–Kier alpha value is -1.76. The van der Waals surface area contributed by atoms with Gasteiger partial charge in [0.05, 0.1) is 29.9 Å². The monoisotopic (exact) mass is 409 g/mol. The third kappa shape index (κ3) is 3.42. The smallest absolute Gasteiger partial charge is 0.253 e. The number of hydrogen-bond acceptors (Lipinski definition) is 4. The van der Waals surface area contributed by atoms with Crippen LogP contribution in [0.25, 0.3) is 0 Å². The fourth-order valence-corrected chi connectivity index (χ4v) is 4.14. The molecule has 8 heteroatoms. The Morgan fingerprint density at radius 2 is 1.89 bits per heavy atom. The van der Waals surface area contributed by atoms with Crippen LogP contribution in [0.4, 0.5) is 11.4 Å². The van der Waals surface area contributed by atoms with E-state index in [2.05, 4.69) is 26.3 Å². The summed E-state index contributed by atoms with van der Waals surface area (Å²) in [5.41, 5.74) is 2.67. The van der Waals surface area contributed by atoms with Gasteiger partial charge in [-0.1, -0.05) is 12.1 Å². The molecule has 2 aromatic rings. The van der Waals surface area contributed by atoms with Crippen LogP contribution in [0.3, 0.4) is 0 Å². The van der Waals surface area contributed by atoms with Crippen LogP contribution in [-0.4, -0.2) is 34.1 Å². The topological polar surface area (TPSA) is 62.2 Å². The van der Waals surface area contributed by atoms with Crippen LogP contribution >= 0.6 is 24.8 Å². The second kappa shape index (κ2) is 7.70. The maximum absolute atomic E-state index is 13.5. The molecule has 146 valence electrons. The van der Waals surface area contributed by atoms with E-state index >= 15 is 0 Å². The van der Waals surface area contributed by atoms with E-state index in [0.29, 0.717) is 12.6 Å². The number of rotatable bonds is 3. The van der Waals surface area contributed by atoms with Gasteiger partial charge in [-0.2, -0.15) is 0 Å². The van der Waals surface area contributed by atoms with E-state index in [1.807, 2.05) is 35.6 Å². The fraction of sp³-hybridized carbons (Fsp3) is 0.474. The Bertz CT molecular complexity index is 814. The van der Waals surface area contributed by atoms with E-state index in [0.717, 1.165) is 43.0 Å². The average Bonchev–Trinajstić information content (AvgIpc) is 3.38. The van der Waals surface area contributed by atoms with Gasteiger partial charge >= 0.3 is 0 Å². The van der Waals surface area contributed by atoms with Gasteiger partial charge in [-0.25, -0.2) is 4.98 Å². The van der Waals surface area contributed by atoms with Crippen LogP contribution in [0.2, 0.25) is 0 Å². The minimum absolute atomic E-state index is 0. The Morgan fingerprint density at radius 1 is 1.15 bits per heavy atom. The number of carbonyl (C=O) groups is 1. The van der Waals surface area contributed by atoms with Gasteiger partial charge < -0.3 is 20.1 Å². The summed E-state index contributed by atoms with van der Waals surface area (Å²) in [6, 6.07) is 8.71. The Morgan fingerprint density at radius 3 is 2.63 bits per heavy atom. The van der Waals surface area contributed by atoms with Crippen molar-refractivity contribution in [3.05, 3.63) is 42.5 Å². The summed E-state index contributed by atoms with van der Waals surface area (Å²) in [6.07, 6.45) is 7.88. The molecule has 6 nitrogen and oxygen atoms in total.